The van der Waals surface area contributed by atoms with E-state index in [1.165, 1.54) is 0 Å². The molecule has 0 aromatic carbocycles. The summed E-state index contributed by atoms with van der Waals surface area (Å²) in [6.07, 6.45) is 8.29. The highest BCUT2D eigenvalue weighted by Gasteiger charge is 1.72. The zero-order valence-electron chi connectivity index (χ0n) is 6.31. The van der Waals surface area contributed by atoms with Crippen molar-refractivity contribution >= 4 is 0 Å². The number of hydrogen-bond donors (Lipinski definition) is 0. The monoisotopic (exact) mass is 147 g/mol. The molecular weight excluding hydrogens is 138 g/mol. The van der Waals surface area contributed by atoms with Gasteiger partial charge in [0.2, 0.25) is 0 Å². The summed E-state index contributed by atoms with van der Waals surface area (Å²) in [6.45, 7) is 1.88. The largest absolute Gasteiger partial charge is 0.263 e. The molecule has 0 radical (unpaired) electrons. The molecule has 0 fully saturated rings. The molecule has 1 aromatic heterocycles. The molecule has 3 heteroatoms. The lowest BCUT2D eigenvalue weighted by molar-refractivity contribution is 1.15. The minimum atomic E-state index is 0.864. The molecule has 0 atom stereocenters. The Bertz CT molecular complexity index is 247. The van der Waals surface area contributed by atoms with Crippen LogP contribution in [-0.2, 0) is 0 Å². The topological polar surface area (TPSA) is 38.7 Å². The fraction of sp³-hybridized carbons (Fsp3) is 0.125. The minimum Gasteiger partial charge on any atom is -0.263 e. The van der Waals surface area contributed by atoms with Gasteiger partial charge in [-0.1, -0.05) is 0 Å². The van der Waals surface area contributed by atoms with Crippen LogP contribution in [0, 0.1) is 6.92 Å². The van der Waals surface area contributed by atoms with Crippen LogP contribution in [0.3, 0.4) is 0 Å². The minimum absolute atomic E-state index is 0.864. The highest BCUT2D eigenvalue weighted by Crippen LogP contribution is 1.79. The average Bonchev–Trinajstić information content (AvgIpc) is 2.03. The predicted molar refractivity (Wildman–Crippen MR) is 42.2 cm³/mol. The van der Waals surface area contributed by atoms with Gasteiger partial charge in [-0.05, 0) is 13.0 Å². The van der Waals surface area contributed by atoms with Gasteiger partial charge in [0.1, 0.15) is 0 Å². The van der Waals surface area contributed by atoms with E-state index < -0.39 is 0 Å². The van der Waals surface area contributed by atoms with Crippen molar-refractivity contribution in [1.29, 1.82) is 0 Å². The fourth-order valence-electron chi connectivity index (χ4n) is 0.561. The maximum absolute atomic E-state index is 4.02. The summed E-state index contributed by atoms with van der Waals surface area (Å²) in [4.78, 5) is 11.9. The lowest BCUT2D eigenvalue weighted by Crippen LogP contribution is -1.74. The molecule has 0 aliphatic heterocycles. The Hall–Kier alpha value is -1.51. The van der Waals surface area contributed by atoms with E-state index >= 15 is 0 Å². The van der Waals surface area contributed by atoms with E-state index in [1.807, 2.05) is 6.92 Å². The van der Waals surface area contributed by atoms with Gasteiger partial charge in [-0.3, -0.25) is 15.0 Å². The quantitative estimate of drug-likeness (QED) is 0.555. The highest BCUT2D eigenvalue weighted by molar-refractivity contribution is 4.87. The second kappa shape index (κ2) is 4.33. The van der Waals surface area contributed by atoms with Gasteiger partial charge >= 0.3 is 0 Å². The van der Waals surface area contributed by atoms with Crippen LogP contribution in [0.5, 0.6) is 0 Å². The van der Waals surface area contributed by atoms with E-state index in [0.717, 1.165) is 5.69 Å². The summed E-state index contributed by atoms with van der Waals surface area (Å²) in [5.41, 5.74) is 0.864. The summed E-state index contributed by atoms with van der Waals surface area (Å²) in [6, 6.07) is 1.76. The van der Waals surface area contributed by atoms with Gasteiger partial charge in [0, 0.05) is 31.0 Å². The predicted octanol–water partition coefficient (Wildman–Crippen LogP) is 1.30. The van der Waals surface area contributed by atoms with Gasteiger partial charge in [0.15, 0.2) is 0 Å². The Morgan fingerprint density at radius 1 is 1.00 bits per heavy atom. The SMILES string of the molecule is Cc1cncccnccn1. The molecule has 0 aliphatic carbocycles. The maximum atomic E-state index is 4.02. The van der Waals surface area contributed by atoms with Gasteiger partial charge in [-0.25, -0.2) is 0 Å². The van der Waals surface area contributed by atoms with Crippen molar-refractivity contribution in [2.45, 2.75) is 6.92 Å². The summed E-state index contributed by atoms with van der Waals surface area (Å²) in [5, 5.41) is 0. The van der Waals surface area contributed by atoms with Crippen molar-refractivity contribution in [3.05, 3.63) is 42.7 Å². The third kappa shape index (κ3) is 3.25. The van der Waals surface area contributed by atoms with E-state index in [1.54, 1.807) is 37.1 Å². The molecule has 0 unspecified atom stereocenters. The van der Waals surface area contributed by atoms with Crippen LogP contribution in [0.4, 0.5) is 0 Å². The molecule has 3 nitrogen and oxygen atoms in total. The van der Waals surface area contributed by atoms with E-state index in [9.17, 15) is 0 Å². The Balaban J connectivity index is 3.11. The Morgan fingerprint density at radius 3 is 2.73 bits per heavy atom. The number of nitrogens with zero attached hydrogens (tertiary/aromatic N) is 3. The smallest absolute Gasteiger partial charge is 0.0555 e. The van der Waals surface area contributed by atoms with Crippen molar-refractivity contribution in [3.8, 4) is 0 Å². The van der Waals surface area contributed by atoms with Crippen LogP contribution in [0.1, 0.15) is 5.69 Å². The van der Waals surface area contributed by atoms with Crippen LogP contribution in [0.15, 0.2) is 37.1 Å². The number of aromatic nitrogens is 3. The first-order valence-corrected chi connectivity index (χ1v) is 3.30. The molecule has 0 amide bonds. The van der Waals surface area contributed by atoms with Crippen molar-refractivity contribution in [2.75, 3.05) is 0 Å². The number of rotatable bonds is 0. The average molecular weight is 147 g/mol. The first kappa shape index (κ1) is 7.60. The number of hydrogen-bond acceptors (Lipinski definition) is 3. The summed E-state index contributed by atoms with van der Waals surface area (Å²) >= 11 is 0. The van der Waals surface area contributed by atoms with Crippen LogP contribution in [0.2, 0.25) is 0 Å². The molecule has 1 aromatic rings. The molecule has 56 valence electrons. The fourth-order valence-corrected chi connectivity index (χ4v) is 0.561. The maximum Gasteiger partial charge on any atom is 0.0555 e. The molecule has 11 heavy (non-hydrogen) atoms. The zero-order chi connectivity index (χ0) is 7.94. The molecule has 1 rings (SSSR count). The van der Waals surface area contributed by atoms with Crippen molar-refractivity contribution in [2.24, 2.45) is 0 Å². The molecular formula is C8H9N3. The third-order valence-corrected chi connectivity index (χ3v) is 1.04. The van der Waals surface area contributed by atoms with Crippen LogP contribution in [-0.4, -0.2) is 15.0 Å². The Kier molecular flexibility index (Phi) is 2.99. The Morgan fingerprint density at radius 2 is 1.82 bits per heavy atom. The molecule has 0 bridgehead atoms. The molecule has 0 N–H and O–H groups in total. The van der Waals surface area contributed by atoms with Crippen LogP contribution >= 0.6 is 0 Å². The molecule has 0 saturated heterocycles. The summed E-state index contributed by atoms with van der Waals surface area (Å²) in [7, 11) is 0. The van der Waals surface area contributed by atoms with E-state index in [0.29, 0.717) is 0 Å². The van der Waals surface area contributed by atoms with Gasteiger partial charge < -0.3 is 0 Å². The Labute approximate surface area is 65.5 Å². The lowest BCUT2D eigenvalue weighted by Gasteiger charge is -1.79. The van der Waals surface area contributed by atoms with E-state index in [2.05, 4.69) is 15.0 Å². The first-order valence-electron chi connectivity index (χ1n) is 3.30. The van der Waals surface area contributed by atoms with Crippen molar-refractivity contribution in [3.63, 3.8) is 0 Å². The number of aryl methyl sites for hydroxylation is 1. The van der Waals surface area contributed by atoms with E-state index in [-0.39, 0.29) is 0 Å². The molecule has 1 heterocycles. The highest BCUT2D eigenvalue weighted by atomic mass is 14.7. The van der Waals surface area contributed by atoms with E-state index in [4.69, 9.17) is 0 Å². The van der Waals surface area contributed by atoms with Crippen molar-refractivity contribution in [1.82, 2.24) is 15.0 Å². The van der Waals surface area contributed by atoms with Gasteiger partial charge in [0.05, 0.1) is 5.69 Å². The summed E-state index contributed by atoms with van der Waals surface area (Å²) in [5.74, 6) is 0. The zero-order valence-corrected chi connectivity index (χ0v) is 6.31. The van der Waals surface area contributed by atoms with Gasteiger partial charge in [-0.2, -0.15) is 0 Å². The van der Waals surface area contributed by atoms with Gasteiger partial charge in [-0.15, -0.1) is 0 Å². The third-order valence-electron chi connectivity index (χ3n) is 1.04. The van der Waals surface area contributed by atoms with Crippen molar-refractivity contribution < 1.29 is 0 Å². The standard InChI is InChI=1S/C8H9N3/c1-8-7-10-4-2-3-9-5-6-11-8/h2-7H,1H3. The molecule has 0 spiro atoms. The second-order valence-corrected chi connectivity index (χ2v) is 1.99. The second-order valence-electron chi connectivity index (χ2n) is 1.99. The van der Waals surface area contributed by atoms with Gasteiger partial charge in [0.25, 0.3) is 0 Å². The molecule has 0 saturated carbocycles. The summed E-state index contributed by atoms with van der Waals surface area (Å²) < 4.78 is 0. The lowest BCUT2D eigenvalue weighted by atomic mass is 10.5. The van der Waals surface area contributed by atoms with Crippen LogP contribution in [0.25, 0.3) is 0 Å². The first-order chi connectivity index (χ1) is 5.39. The normalized spacial score (nSPS) is 8.45. The molecule has 0 aliphatic rings. The van der Waals surface area contributed by atoms with Crippen LogP contribution < -0.4 is 0 Å².